The number of amides is 1. The van der Waals surface area contributed by atoms with Crippen LogP contribution in [-0.2, 0) is 9.47 Å². The van der Waals surface area contributed by atoms with E-state index in [1.54, 1.807) is 36.5 Å². The lowest BCUT2D eigenvalue weighted by atomic mass is 10.1. The first-order valence-corrected chi connectivity index (χ1v) is 10.1. The number of anilines is 1. The van der Waals surface area contributed by atoms with Gasteiger partial charge >= 0.3 is 0 Å². The molecule has 2 aliphatic heterocycles. The summed E-state index contributed by atoms with van der Waals surface area (Å²) >= 11 is 0. The lowest BCUT2D eigenvalue weighted by Crippen LogP contribution is -2.44. The van der Waals surface area contributed by atoms with Crippen molar-refractivity contribution in [3.63, 3.8) is 0 Å². The van der Waals surface area contributed by atoms with Crippen LogP contribution >= 0.6 is 0 Å². The molecule has 7 nitrogen and oxygen atoms in total. The molecule has 8 heteroatoms. The van der Waals surface area contributed by atoms with Gasteiger partial charge in [0, 0.05) is 17.3 Å². The molecule has 2 aliphatic rings. The van der Waals surface area contributed by atoms with Gasteiger partial charge in [0.2, 0.25) is 5.95 Å². The van der Waals surface area contributed by atoms with Crippen LogP contribution in [0.5, 0.6) is 0 Å². The van der Waals surface area contributed by atoms with E-state index in [1.165, 1.54) is 12.1 Å². The van der Waals surface area contributed by atoms with Gasteiger partial charge in [0.15, 0.2) is 0 Å². The van der Waals surface area contributed by atoms with Gasteiger partial charge in [-0.05, 0) is 30.3 Å². The summed E-state index contributed by atoms with van der Waals surface area (Å²) in [5.74, 6) is -0.0574. The highest BCUT2D eigenvalue weighted by Gasteiger charge is 2.48. The van der Waals surface area contributed by atoms with Crippen LogP contribution in [0.2, 0.25) is 0 Å². The van der Waals surface area contributed by atoms with Crippen LogP contribution in [0.3, 0.4) is 0 Å². The molecule has 0 saturated carbocycles. The van der Waals surface area contributed by atoms with Gasteiger partial charge in [0.1, 0.15) is 18.0 Å². The quantitative estimate of drug-likeness (QED) is 0.660. The van der Waals surface area contributed by atoms with E-state index in [4.69, 9.17) is 9.47 Å². The molecule has 0 spiro atoms. The Morgan fingerprint density at radius 2 is 1.74 bits per heavy atom. The molecule has 0 radical (unpaired) electrons. The number of fused-ring (bicyclic) bond motifs is 1. The third-order valence-corrected chi connectivity index (χ3v) is 5.50. The zero-order chi connectivity index (χ0) is 21.2. The molecule has 1 amide bonds. The molecule has 4 unspecified atom stereocenters. The summed E-state index contributed by atoms with van der Waals surface area (Å²) in [6.45, 7) is 0.775. The minimum absolute atomic E-state index is 0.152. The number of hydrogen-bond acceptors (Lipinski definition) is 6. The summed E-state index contributed by atoms with van der Waals surface area (Å²) in [5, 5.41) is 6.27. The molecule has 2 fully saturated rings. The van der Waals surface area contributed by atoms with Gasteiger partial charge in [-0.25, -0.2) is 14.4 Å². The third kappa shape index (κ3) is 4.12. The van der Waals surface area contributed by atoms with Crippen molar-refractivity contribution in [3.8, 4) is 11.3 Å². The minimum Gasteiger partial charge on any atom is -0.371 e. The second-order valence-electron chi connectivity index (χ2n) is 7.57. The summed E-state index contributed by atoms with van der Waals surface area (Å²) in [4.78, 5) is 21.2. The molecule has 158 valence electrons. The van der Waals surface area contributed by atoms with Crippen LogP contribution in [0.25, 0.3) is 11.3 Å². The molecule has 3 aromatic rings. The molecule has 2 aromatic carbocycles. The van der Waals surface area contributed by atoms with Gasteiger partial charge in [-0.15, -0.1) is 0 Å². The Morgan fingerprint density at radius 3 is 2.55 bits per heavy atom. The number of aromatic nitrogens is 2. The maximum Gasteiger partial charge on any atom is 0.251 e. The molecule has 0 aliphatic carbocycles. The second-order valence-corrected chi connectivity index (χ2v) is 7.57. The fourth-order valence-corrected chi connectivity index (χ4v) is 3.99. The van der Waals surface area contributed by atoms with Crippen LogP contribution in [0, 0.1) is 5.82 Å². The number of nitrogens with zero attached hydrogens (tertiary/aromatic N) is 2. The van der Waals surface area contributed by atoms with Gasteiger partial charge < -0.3 is 20.1 Å². The Hall–Kier alpha value is -3.36. The minimum atomic E-state index is -0.319. The second kappa shape index (κ2) is 8.41. The smallest absolute Gasteiger partial charge is 0.251 e. The molecule has 1 aromatic heterocycles. The number of carbonyl (C=O) groups is 1. The van der Waals surface area contributed by atoms with Crippen LogP contribution in [0.1, 0.15) is 10.4 Å². The highest BCUT2D eigenvalue weighted by atomic mass is 19.1. The van der Waals surface area contributed by atoms with Crippen LogP contribution in [0.15, 0.2) is 66.9 Å². The summed E-state index contributed by atoms with van der Waals surface area (Å²) in [6.07, 6.45) is 1.14. The van der Waals surface area contributed by atoms with Crippen molar-refractivity contribution in [1.82, 2.24) is 15.3 Å². The fraction of sp³-hybridized carbons (Fsp3) is 0.261. The normalized spacial score (nSPS) is 24.5. The number of benzene rings is 2. The molecular weight excluding hydrogens is 399 g/mol. The predicted molar refractivity (Wildman–Crippen MR) is 112 cm³/mol. The van der Waals surface area contributed by atoms with Crippen molar-refractivity contribution in [2.45, 2.75) is 24.3 Å². The first kappa shape index (κ1) is 19.6. The van der Waals surface area contributed by atoms with E-state index >= 15 is 0 Å². The lowest BCUT2D eigenvalue weighted by molar-refractivity contribution is 0.0652. The maximum absolute atomic E-state index is 13.5. The zero-order valence-electron chi connectivity index (χ0n) is 16.6. The molecular formula is C23H21FN4O3. The van der Waals surface area contributed by atoms with E-state index in [-0.39, 0.29) is 36.0 Å². The average molecular weight is 420 g/mol. The van der Waals surface area contributed by atoms with Gasteiger partial charge in [-0.3, -0.25) is 4.79 Å². The number of ether oxygens (including phenoxy) is 2. The number of halogens is 1. The van der Waals surface area contributed by atoms with Crippen molar-refractivity contribution in [2.24, 2.45) is 0 Å². The Morgan fingerprint density at radius 1 is 0.968 bits per heavy atom. The van der Waals surface area contributed by atoms with E-state index < -0.39 is 0 Å². The molecule has 4 atom stereocenters. The van der Waals surface area contributed by atoms with Crippen molar-refractivity contribution in [1.29, 1.82) is 0 Å². The first-order chi connectivity index (χ1) is 15.2. The van der Waals surface area contributed by atoms with Gasteiger partial charge in [-0.2, -0.15) is 0 Å². The molecule has 3 heterocycles. The van der Waals surface area contributed by atoms with E-state index in [1.807, 2.05) is 18.2 Å². The van der Waals surface area contributed by atoms with Crippen LogP contribution in [0.4, 0.5) is 10.3 Å². The molecule has 5 rings (SSSR count). The van der Waals surface area contributed by atoms with Gasteiger partial charge in [0.25, 0.3) is 5.91 Å². The summed E-state index contributed by atoms with van der Waals surface area (Å²) in [5.41, 5.74) is 1.89. The van der Waals surface area contributed by atoms with Crippen molar-refractivity contribution in [2.75, 3.05) is 18.5 Å². The Bertz CT molecular complexity index is 1080. The predicted octanol–water partition coefficient (Wildman–Crippen LogP) is 2.66. The number of carbonyl (C=O) groups excluding carboxylic acids is 1. The number of hydrogen-bond donors (Lipinski definition) is 2. The average Bonchev–Trinajstić information content (AvgIpc) is 3.38. The Balaban J connectivity index is 1.25. The van der Waals surface area contributed by atoms with E-state index in [2.05, 4.69) is 20.6 Å². The van der Waals surface area contributed by atoms with Crippen molar-refractivity contribution >= 4 is 11.9 Å². The van der Waals surface area contributed by atoms with Crippen molar-refractivity contribution < 1.29 is 18.7 Å². The highest BCUT2D eigenvalue weighted by Crippen LogP contribution is 2.29. The number of rotatable bonds is 5. The first-order valence-electron chi connectivity index (χ1n) is 10.1. The summed E-state index contributed by atoms with van der Waals surface area (Å²) < 4.78 is 25.4. The maximum atomic E-state index is 13.5. The third-order valence-electron chi connectivity index (χ3n) is 5.50. The zero-order valence-corrected chi connectivity index (χ0v) is 16.6. The largest absolute Gasteiger partial charge is 0.371 e. The monoisotopic (exact) mass is 420 g/mol. The summed E-state index contributed by atoms with van der Waals surface area (Å²) in [7, 11) is 0. The van der Waals surface area contributed by atoms with Crippen LogP contribution < -0.4 is 10.6 Å². The summed E-state index contributed by atoms with van der Waals surface area (Å²) in [6, 6.07) is 16.7. The Labute approximate surface area is 178 Å². The topological polar surface area (TPSA) is 85.4 Å². The highest BCUT2D eigenvalue weighted by molar-refractivity contribution is 5.94. The van der Waals surface area contributed by atoms with E-state index in [0.29, 0.717) is 36.0 Å². The van der Waals surface area contributed by atoms with Gasteiger partial charge in [0.05, 0.1) is 31.0 Å². The Kier molecular flexibility index (Phi) is 5.31. The lowest BCUT2D eigenvalue weighted by Gasteiger charge is -2.18. The molecule has 31 heavy (non-hydrogen) atoms. The van der Waals surface area contributed by atoms with Crippen LogP contribution in [-0.4, -0.2) is 53.4 Å². The fourth-order valence-electron chi connectivity index (χ4n) is 3.99. The molecule has 2 N–H and O–H groups in total. The molecule has 0 bridgehead atoms. The standard InChI is InChI=1S/C23H21FN4O3/c24-16-8-4-7-15(11-16)17-9-10-25-23(27-17)28-19-13-31-20-18(12-30-21(19)20)26-22(29)14-5-2-1-3-6-14/h1-11,18-21H,12-13H2,(H,26,29)(H,25,27,28). The van der Waals surface area contributed by atoms with Gasteiger partial charge in [-0.1, -0.05) is 30.3 Å². The SMILES string of the molecule is O=C(NC1COC2C(Nc3nccc(-c4cccc(F)c4)n3)COC12)c1ccccc1. The number of nitrogens with one attached hydrogen (secondary N) is 2. The van der Waals surface area contributed by atoms with Crippen molar-refractivity contribution in [3.05, 3.63) is 78.2 Å². The van der Waals surface area contributed by atoms with E-state index in [0.717, 1.165) is 0 Å². The molecule has 2 saturated heterocycles. The van der Waals surface area contributed by atoms with E-state index in [9.17, 15) is 9.18 Å².